The highest BCUT2D eigenvalue weighted by molar-refractivity contribution is 5.40. The Bertz CT molecular complexity index is 271. The van der Waals surface area contributed by atoms with Gasteiger partial charge in [-0.3, -0.25) is 4.79 Å². The second-order valence-corrected chi connectivity index (χ2v) is 2.36. The van der Waals surface area contributed by atoms with Gasteiger partial charge in [0.1, 0.15) is 5.75 Å². The number of rotatable bonds is 5. The largest absolute Gasteiger partial charge is 0.494 e. The van der Waals surface area contributed by atoms with Gasteiger partial charge in [-0.2, -0.15) is 0 Å². The summed E-state index contributed by atoms with van der Waals surface area (Å²) in [5.74, 6) is 0.769. The van der Waals surface area contributed by atoms with Crippen molar-refractivity contribution in [2.45, 2.75) is 6.92 Å². The summed E-state index contributed by atoms with van der Waals surface area (Å²) in [5.41, 5.74) is 0.804. The summed E-state index contributed by atoms with van der Waals surface area (Å²) < 4.78 is 9.75. The number of carbonyl (C=O) groups is 1. The van der Waals surface area contributed by atoms with E-state index < -0.39 is 0 Å². The molecule has 0 saturated heterocycles. The van der Waals surface area contributed by atoms with E-state index in [1.54, 1.807) is 6.07 Å². The molecule has 0 heterocycles. The van der Waals surface area contributed by atoms with Gasteiger partial charge in [0.25, 0.3) is 6.47 Å². The first-order valence-electron chi connectivity index (χ1n) is 4.02. The lowest BCUT2D eigenvalue weighted by Gasteiger charge is -2.04. The third-order valence-corrected chi connectivity index (χ3v) is 1.43. The number of ether oxygens (including phenoxy) is 2. The number of carbonyl (C=O) groups excluding carboxylic acids is 1. The Morgan fingerprint density at radius 3 is 3.00 bits per heavy atom. The van der Waals surface area contributed by atoms with Crippen molar-refractivity contribution in [3.63, 3.8) is 0 Å². The molecule has 0 spiro atoms. The molecule has 0 N–H and O–H groups in total. The van der Waals surface area contributed by atoms with Crippen molar-refractivity contribution in [1.29, 1.82) is 0 Å². The van der Waals surface area contributed by atoms with E-state index in [-0.39, 0.29) is 0 Å². The van der Waals surface area contributed by atoms with Crippen molar-refractivity contribution < 1.29 is 14.3 Å². The molecular weight excluding hydrogens is 168 g/mol. The highest BCUT2D eigenvalue weighted by Gasteiger charge is 1.96. The van der Waals surface area contributed by atoms with Crippen molar-refractivity contribution in [3.8, 4) is 5.75 Å². The van der Waals surface area contributed by atoms with E-state index in [0.717, 1.165) is 11.3 Å². The predicted molar refractivity (Wildman–Crippen MR) is 48.2 cm³/mol. The lowest BCUT2D eigenvalue weighted by Crippen LogP contribution is -1.93. The average Bonchev–Trinajstić information content (AvgIpc) is 2.16. The Hall–Kier alpha value is -1.51. The van der Waals surface area contributed by atoms with Gasteiger partial charge in [-0.1, -0.05) is 12.1 Å². The SMILES string of the molecule is CCOc1cccc([CH]OC=O)c1. The summed E-state index contributed by atoms with van der Waals surface area (Å²) in [6.07, 6.45) is 0. The van der Waals surface area contributed by atoms with Crippen LogP contribution in [0.4, 0.5) is 0 Å². The maximum Gasteiger partial charge on any atom is 0.293 e. The van der Waals surface area contributed by atoms with Gasteiger partial charge in [0.05, 0.1) is 6.61 Å². The van der Waals surface area contributed by atoms with Crippen LogP contribution in [-0.4, -0.2) is 13.1 Å². The quantitative estimate of drug-likeness (QED) is 0.646. The van der Waals surface area contributed by atoms with Gasteiger partial charge in [0.15, 0.2) is 6.61 Å². The van der Waals surface area contributed by atoms with Crippen molar-refractivity contribution in [2.24, 2.45) is 0 Å². The molecule has 0 unspecified atom stereocenters. The molecule has 0 bridgehead atoms. The molecule has 1 aromatic carbocycles. The molecule has 3 heteroatoms. The average molecular weight is 179 g/mol. The zero-order valence-corrected chi connectivity index (χ0v) is 7.40. The van der Waals surface area contributed by atoms with Gasteiger partial charge in [-0.15, -0.1) is 0 Å². The van der Waals surface area contributed by atoms with Crippen LogP contribution in [0.15, 0.2) is 24.3 Å². The molecule has 0 aromatic heterocycles. The highest BCUT2D eigenvalue weighted by Crippen LogP contribution is 2.14. The van der Waals surface area contributed by atoms with Gasteiger partial charge in [-0.25, -0.2) is 0 Å². The number of hydrogen-bond donors (Lipinski definition) is 0. The Morgan fingerprint density at radius 2 is 2.31 bits per heavy atom. The molecule has 3 nitrogen and oxygen atoms in total. The maximum absolute atomic E-state index is 9.90. The fourth-order valence-electron chi connectivity index (χ4n) is 0.951. The van der Waals surface area contributed by atoms with Crippen LogP contribution in [-0.2, 0) is 9.53 Å². The molecule has 1 radical (unpaired) electrons. The van der Waals surface area contributed by atoms with E-state index in [4.69, 9.17) is 4.74 Å². The first-order valence-corrected chi connectivity index (χ1v) is 4.02. The van der Waals surface area contributed by atoms with Crippen molar-refractivity contribution in [3.05, 3.63) is 36.4 Å². The predicted octanol–water partition coefficient (Wildman–Crippen LogP) is 1.77. The van der Waals surface area contributed by atoms with E-state index >= 15 is 0 Å². The molecule has 69 valence electrons. The summed E-state index contributed by atoms with van der Waals surface area (Å²) in [6.45, 7) is 4.29. The van der Waals surface area contributed by atoms with Gasteiger partial charge in [0.2, 0.25) is 0 Å². The van der Waals surface area contributed by atoms with E-state index in [0.29, 0.717) is 13.1 Å². The van der Waals surface area contributed by atoms with Gasteiger partial charge < -0.3 is 9.47 Å². The zero-order chi connectivity index (χ0) is 9.52. The summed E-state index contributed by atoms with van der Waals surface area (Å²) in [7, 11) is 0. The minimum atomic E-state index is 0.382. The van der Waals surface area contributed by atoms with Crippen LogP contribution in [0.2, 0.25) is 0 Å². The van der Waals surface area contributed by atoms with Gasteiger partial charge in [0, 0.05) is 5.56 Å². The third-order valence-electron chi connectivity index (χ3n) is 1.43. The van der Waals surface area contributed by atoms with Gasteiger partial charge >= 0.3 is 0 Å². The Labute approximate surface area is 77.3 Å². The Morgan fingerprint density at radius 1 is 1.46 bits per heavy atom. The third kappa shape index (κ3) is 3.15. The second kappa shape index (κ2) is 5.19. The van der Waals surface area contributed by atoms with Crippen LogP contribution in [0, 0.1) is 6.61 Å². The molecule has 0 aliphatic heterocycles. The molecule has 0 aliphatic carbocycles. The van der Waals surface area contributed by atoms with Crippen LogP contribution in [0.5, 0.6) is 5.75 Å². The fourth-order valence-corrected chi connectivity index (χ4v) is 0.951. The molecule has 1 aromatic rings. The van der Waals surface area contributed by atoms with E-state index in [2.05, 4.69) is 4.74 Å². The van der Waals surface area contributed by atoms with Crippen LogP contribution in [0.3, 0.4) is 0 Å². The standard InChI is InChI=1S/C10H11O3/c1-2-13-10-5-3-4-9(6-10)7-12-8-11/h3-8H,2H2,1H3. The number of benzene rings is 1. The lowest BCUT2D eigenvalue weighted by molar-refractivity contribution is -0.125. The summed E-state index contributed by atoms with van der Waals surface area (Å²) >= 11 is 0. The van der Waals surface area contributed by atoms with E-state index in [1.807, 2.05) is 25.1 Å². The lowest BCUT2D eigenvalue weighted by atomic mass is 10.2. The van der Waals surface area contributed by atoms with Crippen LogP contribution in [0.25, 0.3) is 0 Å². The Balaban J connectivity index is 2.61. The second-order valence-electron chi connectivity index (χ2n) is 2.36. The molecule has 0 fully saturated rings. The van der Waals surface area contributed by atoms with E-state index in [9.17, 15) is 4.79 Å². The smallest absolute Gasteiger partial charge is 0.293 e. The topological polar surface area (TPSA) is 35.5 Å². The number of hydrogen-bond acceptors (Lipinski definition) is 3. The fraction of sp³-hybridized carbons (Fsp3) is 0.200. The summed E-state index contributed by atoms with van der Waals surface area (Å²) in [6, 6.07) is 7.31. The zero-order valence-electron chi connectivity index (χ0n) is 7.40. The molecule has 13 heavy (non-hydrogen) atoms. The molecule has 0 atom stereocenters. The molecular formula is C10H11O3. The first kappa shape index (κ1) is 9.58. The summed E-state index contributed by atoms with van der Waals surface area (Å²) in [5, 5.41) is 0. The van der Waals surface area contributed by atoms with Crippen LogP contribution < -0.4 is 4.74 Å². The normalized spacial score (nSPS) is 9.31. The Kier molecular flexibility index (Phi) is 3.82. The van der Waals surface area contributed by atoms with Crippen molar-refractivity contribution >= 4 is 6.47 Å². The maximum atomic E-state index is 9.90. The van der Waals surface area contributed by atoms with Crippen LogP contribution >= 0.6 is 0 Å². The molecule has 0 saturated carbocycles. The van der Waals surface area contributed by atoms with Crippen LogP contribution in [0.1, 0.15) is 12.5 Å². The monoisotopic (exact) mass is 179 g/mol. The van der Waals surface area contributed by atoms with Gasteiger partial charge in [-0.05, 0) is 19.1 Å². The molecule has 1 rings (SSSR count). The van der Waals surface area contributed by atoms with Crippen molar-refractivity contribution in [2.75, 3.05) is 6.61 Å². The minimum absolute atomic E-state index is 0.382. The first-order chi connectivity index (χ1) is 6.36. The van der Waals surface area contributed by atoms with E-state index in [1.165, 1.54) is 6.61 Å². The highest BCUT2D eigenvalue weighted by atomic mass is 16.5. The molecule has 0 amide bonds. The van der Waals surface area contributed by atoms with Crippen molar-refractivity contribution in [1.82, 2.24) is 0 Å². The molecule has 0 aliphatic rings. The minimum Gasteiger partial charge on any atom is -0.494 e. The summed E-state index contributed by atoms with van der Waals surface area (Å²) in [4.78, 5) is 9.90.